The predicted octanol–water partition coefficient (Wildman–Crippen LogP) is 3.21. The topological polar surface area (TPSA) is 91.9 Å². The number of carbonyl (C=O) groups excluding carboxylic acids is 1. The Morgan fingerprint density at radius 2 is 1.97 bits per heavy atom. The van der Waals surface area contributed by atoms with Crippen LogP contribution in [0.4, 0.5) is 0 Å². The molecule has 1 spiro atoms. The van der Waals surface area contributed by atoms with E-state index in [0.29, 0.717) is 5.41 Å². The molecule has 3 aromatic rings. The number of carbonyl (C=O) groups is 1. The number of ether oxygens (including phenoxy) is 1. The van der Waals surface area contributed by atoms with Crippen molar-refractivity contribution in [1.82, 2.24) is 5.32 Å². The summed E-state index contributed by atoms with van der Waals surface area (Å²) in [6, 6.07) is 13.6. The number of amides is 1. The largest absolute Gasteiger partial charge is 0.493 e. The Morgan fingerprint density at radius 3 is 2.78 bits per heavy atom. The summed E-state index contributed by atoms with van der Waals surface area (Å²) in [7, 11) is -1.68. The lowest BCUT2D eigenvalue weighted by Crippen LogP contribution is -2.48. The van der Waals surface area contributed by atoms with Crippen LogP contribution in [0, 0.1) is 5.41 Å². The van der Waals surface area contributed by atoms with Crippen LogP contribution < -0.4 is 10.1 Å². The zero-order valence-electron chi connectivity index (χ0n) is 18.0. The molecule has 1 aromatic heterocycles. The van der Waals surface area contributed by atoms with E-state index in [0.717, 1.165) is 40.9 Å². The number of fused-ring (bicyclic) bond motifs is 2. The SMILES string of the molecule is O=C(Cc1ccc2c(c1)OCC1(CCCC1)C2)NC(Cc1coc2ccccc12)B(O)O. The van der Waals surface area contributed by atoms with E-state index in [-0.39, 0.29) is 18.7 Å². The van der Waals surface area contributed by atoms with Gasteiger partial charge in [0, 0.05) is 10.8 Å². The second-order valence-electron chi connectivity index (χ2n) is 9.34. The van der Waals surface area contributed by atoms with Crippen LogP contribution in [0.3, 0.4) is 0 Å². The Balaban J connectivity index is 1.24. The molecule has 0 saturated heterocycles. The average molecular weight is 433 g/mol. The summed E-state index contributed by atoms with van der Waals surface area (Å²) < 4.78 is 11.6. The maximum Gasteiger partial charge on any atom is 0.475 e. The first kappa shape index (κ1) is 21.1. The molecular formula is C25H28BNO5. The molecule has 1 amide bonds. The first-order chi connectivity index (χ1) is 15.5. The summed E-state index contributed by atoms with van der Waals surface area (Å²) >= 11 is 0. The standard InChI is InChI=1S/C25H28BNO5/c28-24(27-23(26(29)30)13-19-15-31-21-6-2-1-5-20(19)21)12-17-7-8-18-14-25(9-3-4-10-25)16-32-22(18)11-17/h1-2,5-8,11,15,23,29-30H,3-4,9-10,12-14,16H2,(H,27,28). The third-order valence-electron chi connectivity index (χ3n) is 6.97. The number of furan rings is 1. The summed E-state index contributed by atoms with van der Waals surface area (Å²) in [5.41, 5.74) is 3.92. The molecule has 166 valence electrons. The lowest BCUT2D eigenvalue weighted by molar-refractivity contribution is -0.120. The van der Waals surface area contributed by atoms with E-state index in [1.165, 1.54) is 31.2 Å². The molecule has 0 bridgehead atoms. The fourth-order valence-corrected chi connectivity index (χ4v) is 5.22. The minimum absolute atomic E-state index is 0.150. The maximum atomic E-state index is 12.7. The third-order valence-corrected chi connectivity index (χ3v) is 6.97. The van der Waals surface area contributed by atoms with E-state index in [1.54, 1.807) is 6.26 Å². The van der Waals surface area contributed by atoms with E-state index in [2.05, 4.69) is 11.4 Å². The molecule has 3 N–H and O–H groups in total. The Hall–Kier alpha value is -2.77. The summed E-state index contributed by atoms with van der Waals surface area (Å²) in [4.78, 5) is 12.7. The van der Waals surface area contributed by atoms with Crippen LogP contribution in [0.2, 0.25) is 0 Å². The van der Waals surface area contributed by atoms with Gasteiger partial charge in [-0.1, -0.05) is 43.2 Å². The van der Waals surface area contributed by atoms with E-state index in [4.69, 9.17) is 9.15 Å². The van der Waals surface area contributed by atoms with Gasteiger partial charge in [-0.15, -0.1) is 0 Å². The monoisotopic (exact) mass is 433 g/mol. The molecule has 7 heteroatoms. The van der Waals surface area contributed by atoms with Crippen LogP contribution in [0.1, 0.15) is 42.4 Å². The molecule has 1 atom stereocenters. The molecular weight excluding hydrogens is 405 g/mol. The van der Waals surface area contributed by atoms with Crippen molar-refractivity contribution in [1.29, 1.82) is 0 Å². The van der Waals surface area contributed by atoms with Gasteiger partial charge in [-0.2, -0.15) is 0 Å². The highest BCUT2D eigenvalue weighted by molar-refractivity contribution is 6.43. The van der Waals surface area contributed by atoms with Gasteiger partial charge in [0.15, 0.2) is 0 Å². The van der Waals surface area contributed by atoms with Gasteiger partial charge in [-0.05, 0) is 54.5 Å². The van der Waals surface area contributed by atoms with E-state index >= 15 is 0 Å². The van der Waals surface area contributed by atoms with Crippen molar-refractivity contribution in [2.24, 2.45) is 5.41 Å². The molecule has 2 aliphatic rings. The minimum Gasteiger partial charge on any atom is -0.493 e. The molecule has 1 unspecified atom stereocenters. The third kappa shape index (κ3) is 4.27. The highest BCUT2D eigenvalue weighted by Crippen LogP contribution is 2.45. The number of benzene rings is 2. The molecule has 0 radical (unpaired) electrons. The molecule has 2 heterocycles. The van der Waals surface area contributed by atoms with Crippen molar-refractivity contribution in [3.05, 3.63) is 65.4 Å². The predicted molar refractivity (Wildman–Crippen MR) is 122 cm³/mol. The van der Waals surface area contributed by atoms with Crippen molar-refractivity contribution < 1.29 is 24.0 Å². The van der Waals surface area contributed by atoms with Crippen LogP contribution in [-0.2, 0) is 24.1 Å². The van der Waals surface area contributed by atoms with E-state index < -0.39 is 13.1 Å². The van der Waals surface area contributed by atoms with Gasteiger partial charge in [-0.3, -0.25) is 4.79 Å². The van der Waals surface area contributed by atoms with Gasteiger partial charge in [0.25, 0.3) is 0 Å². The van der Waals surface area contributed by atoms with E-state index in [1.807, 2.05) is 36.4 Å². The molecule has 5 rings (SSSR count). The first-order valence-corrected chi connectivity index (χ1v) is 11.4. The number of rotatable bonds is 6. The summed E-state index contributed by atoms with van der Waals surface area (Å²) in [5.74, 6) is -0.227. The zero-order valence-corrected chi connectivity index (χ0v) is 18.0. The first-order valence-electron chi connectivity index (χ1n) is 11.4. The molecule has 1 aliphatic heterocycles. The minimum atomic E-state index is -1.68. The van der Waals surface area contributed by atoms with Crippen molar-refractivity contribution >= 4 is 24.0 Å². The number of nitrogens with one attached hydrogen (secondary N) is 1. The molecule has 32 heavy (non-hydrogen) atoms. The maximum absolute atomic E-state index is 12.7. The number of hydrogen-bond donors (Lipinski definition) is 3. The highest BCUT2D eigenvalue weighted by atomic mass is 16.5. The molecule has 1 saturated carbocycles. The summed E-state index contributed by atoms with van der Waals surface area (Å²) in [6.45, 7) is 0.757. The zero-order chi connectivity index (χ0) is 22.1. The highest BCUT2D eigenvalue weighted by Gasteiger charge is 2.38. The second-order valence-corrected chi connectivity index (χ2v) is 9.34. The fraction of sp³-hybridized carbons (Fsp3) is 0.400. The Bertz CT molecular complexity index is 1120. The quantitative estimate of drug-likeness (QED) is 0.520. The molecule has 6 nitrogen and oxygen atoms in total. The smallest absolute Gasteiger partial charge is 0.475 e. The van der Waals surface area contributed by atoms with Crippen LogP contribution in [0.15, 0.2) is 53.1 Å². The number of para-hydroxylation sites is 1. The van der Waals surface area contributed by atoms with Crippen LogP contribution >= 0.6 is 0 Å². The van der Waals surface area contributed by atoms with Gasteiger partial charge in [-0.25, -0.2) is 0 Å². The Morgan fingerprint density at radius 1 is 1.16 bits per heavy atom. The van der Waals surface area contributed by atoms with Gasteiger partial charge in [0.2, 0.25) is 5.91 Å². The molecule has 2 aromatic carbocycles. The van der Waals surface area contributed by atoms with Crippen LogP contribution in [0.25, 0.3) is 11.0 Å². The normalized spacial score (nSPS) is 17.7. The lowest BCUT2D eigenvalue weighted by Gasteiger charge is -2.34. The summed E-state index contributed by atoms with van der Waals surface area (Å²) in [5, 5.41) is 23.4. The van der Waals surface area contributed by atoms with Crippen LogP contribution in [-0.4, -0.2) is 35.6 Å². The van der Waals surface area contributed by atoms with Crippen LogP contribution in [0.5, 0.6) is 5.75 Å². The van der Waals surface area contributed by atoms with Crippen molar-refractivity contribution in [2.45, 2.75) is 50.9 Å². The van der Waals surface area contributed by atoms with Crippen molar-refractivity contribution in [3.8, 4) is 5.75 Å². The van der Waals surface area contributed by atoms with Crippen molar-refractivity contribution in [2.75, 3.05) is 6.61 Å². The summed E-state index contributed by atoms with van der Waals surface area (Å²) in [6.07, 6.45) is 8.08. The van der Waals surface area contributed by atoms with Crippen molar-refractivity contribution in [3.63, 3.8) is 0 Å². The Kier molecular flexibility index (Phi) is 5.70. The Labute approximate surface area is 187 Å². The fourth-order valence-electron chi connectivity index (χ4n) is 5.22. The second kappa shape index (κ2) is 8.64. The molecule has 1 fully saturated rings. The van der Waals surface area contributed by atoms with Gasteiger partial charge >= 0.3 is 7.12 Å². The van der Waals surface area contributed by atoms with Gasteiger partial charge in [0.05, 0.1) is 25.2 Å². The van der Waals surface area contributed by atoms with Gasteiger partial charge in [0.1, 0.15) is 11.3 Å². The number of hydrogen-bond acceptors (Lipinski definition) is 5. The molecule has 1 aliphatic carbocycles. The average Bonchev–Trinajstić information content (AvgIpc) is 3.41. The van der Waals surface area contributed by atoms with E-state index in [9.17, 15) is 14.8 Å². The lowest BCUT2D eigenvalue weighted by atomic mass is 9.75. The van der Waals surface area contributed by atoms with Gasteiger partial charge < -0.3 is 24.5 Å².